The summed E-state index contributed by atoms with van der Waals surface area (Å²) in [6, 6.07) is 16.3. The van der Waals surface area contributed by atoms with Crippen molar-refractivity contribution in [3.05, 3.63) is 65.7 Å². The normalized spacial score (nSPS) is 14.0. The number of fused-ring (bicyclic) bond motifs is 1. The molecule has 1 aliphatic heterocycles. The number of aryl methyl sites for hydroxylation is 1. The molecule has 0 spiro atoms. The van der Waals surface area contributed by atoms with Gasteiger partial charge in [0.05, 0.1) is 5.56 Å². The van der Waals surface area contributed by atoms with Crippen LogP contribution in [0.15, 0.2) is 54.6 Å². The van der Waals surface area contributed by atoms with Gasteiger partial charge in [0, 0.05) is 24.3 Å². The molecule has 1 fully saturated rings. The number of amides is 2. The van der Waals surface area contributed by atoms with Crippen LogP contribution in [0.2, 0.25) is 0 Å². The average molecular weight is 360 g/mol. The van der Waals surface area contributed by atoms with Crippen LogP contribution in [-0.4, -0.2) is 23.5 Å². The highest BCUT2D eigenvalue weighted by Gasteiger charge is 2.23. The van der Waals surface area contributed by atoms with Gasteiger partial charge < -0.3 is 15.3 Å². The Hall–Kier alpha value is -3.34. The topological polar surface area (TPSA) is 69.6 Å². The monoisotopic (exact) mass is 360 g/mol. The minimum Gasteiger partial charge on any atom is -0.507 e. The molecule has 2 N–H and O–H groups in total. The SMILES string of the molecule is Cc1cc(NC(=O)c2cc3ccccc3cc2O)ccc1N1CCCC1=O. The zero-order chi connectivity index (χ0) is 19.0. The van der Waals surface area contributed by atoms with Crippen LogP contribution < -0.4 is 10.2 Å². The van der Waals surface area contributed by atoms with Crippen molar-refractivity contribution in [2.75, 3.05) is 16.8 Å². The van der Waals surface area contributed by atoms with Gasteiger partial charge in [-0.2, -0.15) is 0 Å². The second-order valence-electron chi connectivity index (χ2n) is 6.82. The third-order valence-corrected chi connectivity index (χ3v) is 4.93. The summed E-state index contributed by atoms with van der Waals surface area (Å²) >= 11 is 0. The highest BCUT2D eigenvalue weighted by molar-refractivity contribution is 6.08. The summed E-state index contributed by atoms with van der Waals surface area (Å²) in [5.41, 5.74) is 2.65. The number of hydrogen-bond donors (Lipinski definition) is 2. The van der Waals surface area contributed by atoms with Crippen LogP contribution in [0.4, 0.5) is 11.4 Å². The molecular formula is C22H20N2O3. The predicted octanol–water partition coefficient (Wildman–Crippen LogP) is 4.23. The molecule has 0 saturated carbocycles. The minimum atomic E-state index is -0.373. The van der Waals surface area contributed by atoms with E-state index in [1.165, 1.54) is 0 Å². The summed E-state index contributed by atoms with van der Waals surface area (Å²) in [6.07, 6.45) is 1.46. The molecule has 0 radical (unpaired) electrons. The van der Waals surface area contributed by atoms with Gasteiger partial charge in [0.15, 0.2) is 0 Å². The minimum absolute atomic E-state index is 0.0535. The van der Waals surface area contributed by atoms with Gasteiger partial charge in [0.2, 0.25) is 5.91 Å². The largest absolute Gasteiger partial charge is 0.507 e. The van der Waals surface area contributed by atoms with E-state index in [-0.39, 0.29) is 23.1 Å². The fraction of sp³-hybridized carbons (Fsp3) is 0.182. The number of aromatic hydroxyl groups is 1. The van der Waals surface area contributed by atoms with Crippen LogP contribution in [0.25, 0.3) is 10.8 Å². The van der Waals surface area contributed by atoms with Gasteiger partial charge >= 0.3 is 0 Å². The van der Waals surface area contributed by atoms with Gasteiger partial charge in [-0.1, -0.05) is 24.3 Å². The van der Waals surface area contributed by atoms with E-state index < -0.39 is 0 Å². The highest BCUT2D eigenvalue weighted by Crippen LogP contribution is 2.29. The quantitative estimate of drug-likeness (QED) is 0.734. The molecule has 136 valence electrons. The summed E-state index contributed by atoms with van der Waals surface area (Å²) in [5, 5.41) is 14.8. The molecular weight excluding hydrogens is 340 g/mol. The van der Waals surface area contributed by atoms with E-state index in [4.69, 9.17) is 0 Å². The predicted molar refractivity (Wildman–Crippen MR) is 106 cm³/mol. The van der Waals surface area contributed by atoms with Crippen LogP contribution in [0.5, 0.6) is 5.75 Å². The maximum Gasteiger partial charge on any atom is 0.259 e. The number of carbonyl (C=O) groups is 2. The summed E-state index contributed by atoms with van der Waals surface area (Å²) < 4.78 is 0. The van der Waals surface area contributed by atoms with Crippen LogP contribution in [0, 0.1) is 6.92 Å². The lowest BCUT2D eigenvalue weighted by atomic mass is 10.1. The molecule has 1 saturated heterocycles. The first-order chi connectivity index (χ1) is 13.0. The molecule has 0 aliphatic carbocycles. The Balaban J connectivity index is 1.59. The number of phenolic OH excluding ortho intramolecular Hbond substituents is 1. The first kappa shape index (κ1) is 17.1. The Labute approximate surface area is 157 Å². The van der Waals surface area contributed by atoms with Crippen molar-refractivity contribution in [1.29, 1.82) is 0 Å². The van der Waals surface area contributed by atoms with Crippen molar-refractivity contribution < 1.29 is 14.7 Å². The first-order valence-corrected chi connectivity index (χ1v) is 8.97. The van der Waals surface area contributed by atoms with Gasteiger partial charge in [0.25, 0.3) is 5.91 Å². The number of hydrogen-bond acceptors (Lipinski definition) is 3. The molecule has 1 aliphatic rings. The Morgan fingerprint density at radius 2 is 1.81 bits per heavy atom. The first-order valence-electron chi connectivity index (χ1n) is 8.97. The van der Waals surface area contributed by atoms with Gasteiger partial charge in [-0.3, -0.25) is 9.59 Å². The summed E-state index contributed by atoms with van der Waals surface area (Å²) in [4.78, 5) is 26.4. The van der Waals surface area contributed by atoms with E-state index in [1.54, 1.807) is 23.1 Å². The third-order valence-electron chi connectivity index (χ3n) is 4.93. The summed E-state index contributed by atoms with van der Waals surface area (Å²) in [6.45, 7) is 2.65. The maximum absolute atomic E-state index is 12.6. The van der Waals surface area contributed by atoms with Gasteiger partial charge in [0.1, 0.15) is 5.75 Å². The van der Waals surface area contributed by atoms with Crippen molar-refractivity contribution in [1.82, 2.24) is 0 Å². The van der Waals surface area contributed by atoms with Crippen molar-refractivity contribution in [2.24, 2.45) is 0 Å². The number of carbonyl (C=O) groups excluding carboxylic acids is 2. The zero-order valence-corrected chi connectivity index (χ0v) is 15.0. The number of rotatable bonds is 3. The molecule has 4 rings (SSSR count). The van der Waals surface area contributed by atoms with Gasteiger partial charge in [-0.25, -0.2) is 0 Å². The van der Waals surface area contributed by atoms with E-state index in [1.807, 2.05) is 43.3 Å². The number of nitrogens with one attached hydrogen (secondary N) is 1. The molecule has 5 heteroatoms. The smallest absolute Gasteiger partial charge is 0.259 e. The van der Waals surface area contributed by atoms with Crippen LogP contribution in [-0.2, 0) is 4.79 Å². The Morgan fingerprint density at radius 1 is 1.07 bits per heavy atom. The molecule has 0 bridgehead atoms. The molecule has 3 aromatic rings. The highest BCUT2D eigenvalue weighted by atomic mass is 16.3. The van der Waals surface area contributed by atoms with Crippen molar-refractivity contribution in [3.63, 3.8) is 0 Å². The number of nitrogens with zero attached hydrogens (tertiary/aromatic N) is 1. The summed E-state index contributed by atoms with van der Waals surface area (Å²) in [7, 11) is 0. The van der Waals surface area contributed by atoms with Crippen molar-refractivity contribution >= 4 is 34.0 Å². The Kier molecular flexibility index (Phi) is 4.28. The van der Waals surface area contributed by atoms with Gasteiger partial charge in [-0.15, -0.1) is 0 Å². The fourth-order valence-corrected chi connectivity index (χ4v) is 3.55. The lowest BCUT2D eigenvalue weighted by molar-refractivity contribution is -0.117. The Bertz CT molecular complexity index is 1060. The molecule has 1 heterocycles. The molecule has 27 heavy (non-hydrogen) atoms. The number of anilines is 2. The lowest BCUT2D eigenvalue weighted by Crippen LogP contribution is -2.24. The third kappa shape index (κ3) is 3.24. The fourth-order valence-electron chi connectivity index (χ4n) is 3.55. The lowest BCUT2D eigenvalue weighted by Gasteiger charge is -2.19. The van der Waals surface area contributed by atoms with E-state index in [0.29, 0.717) is 12.1 Å². The van der Waals surface area contributed by atoms with E-state index in [9.17, 15) is 14.7 Å². The molecule has 5 nitrogen and oxygen atoms in total. The zero-order valence-electron chi connectivity index (χ0n) is 15.0. The second kappa shape index (κ2) is 6.76. The standard InChI is InChI=1S/C22H20N2O3/c1-14-11-17(8-9-19(14)24-10-4-7-21(24)26)23-22(27)18-12-15-5-2-3-6-16(15)13-20(18)25/h2-3,5-6,8-9,11-13,25H,4,7,10H2,1H3,(H,23,27). The maximum atomic E-state index is 12.6. The molecule has 0 aromatic heterocycles. The van der Waals surface area contributed by atoms with Crippen LogP contribution in [0.1, 0.15) is 28.8 Å². The molecule has 2 amide bonds. The summed E-state index contributed by atoms with van der Waals surface area (Å²) in [5.74, 6) is -0.291. The Morgan fingerprint density at radius 3 is 2.48 bits per heavy atom. The van der Waals surface area contributed by atoms with E-state index >= 15 is 0 Å². The van der Waals surface area contributed by atoms with Crippen LogP contribution in [0.3, 0.4) is 0 Å². The molecule has 0 unspecified atom stereocenters. The number of benzene rings is 3. The number of phenols is 1. The van der Waals surface area contributed by atoms with Crippen molar-refractivity contribution in [3.8, 4) is 5.75 Å². The molecule has 3 aromatic carbocycles. The van der Waals surface area contributed by atoms with E-state index in [2.05, 4.69) is 5.32 Å². The van der Waals surface area contributed by atoms with Gasteiger partial charge in [-0.05, 0) is 60.0 Å². The van der Waals surface area contributed by atoms with E-state index in [0.717, 1.165) is 35.0 Å². The molecule has 0 atom stereocenters. The van der Waals surface area contributed by atoms with Crippen LogP contribution >= 0.6 is 0 Å². The average Bonchev–Trinajstić information content (AvgIpc) is 3.07. The second-order valence-corrected chi connectivity index (χ2v) is 6.82. The van der Waals surface area contributed by atoms with Crippen molar-refractivity contribution in [2.45, 2.75) is 19.8 Å².